The van der Waals surface area contributed by atoms with Gasteiger partial charge in [0.2, 0.25) is 0 Å². The molecular formula is C16H23N3O3. The van der Waals surface area contributed by atoms with Crippen LogP contribution in [-0.2, 0) is 4.74 Å². The Morgan fingerprint density at radius 3 is 2.18 bits per heavy atom. The van der Waals surface area contributed by atoms with Gasteiger partial charge in [-0.15, -0.1) is 0 Å². The van der Waals surface area contributed by atoms with E-state index in [1.807, 2.05) is 12.1 Å². The van der Waals surface area contributed by atoms with Gasteiger partial charge in [-0.25, -0.2) is 10.6 Å². The molecule has 1 aromatic carbocycles. The third kappa shape index (κ3) is 3.98. The van der Waals surface area contributed by atoms with E-state index in [9.17, 15) is 9.59 Å². The monoisotopic (exact) mass is 305 g/mol. The molecule has 1 aliphatic heterocycles. The fourth-order valence-corrected chi connectivity index (χ4v) is 2.32. The normalized spacial score (nSPS) is 14.8. The summed E-state index contributed by atoms with van der Waals surface area (Å²) in [7, 11) is 0. The fraction of sp³-hybridized carbons (Fsp3) is 0.500. The van der Waals surface area contributed by atoms with E-state index in [2.05, 4.69) is 4.90 Å². The maximum absolute atomic E-state index is 12.2. The SMILES string of the molecule is CC(C)(C)OC(=O)N(N)C(=O)c1ccc(N2CCCC2)cc1. The van der Waals surface area contributed by atoms with Gasteiger partial charge in [-0.1, -0.05) is 0 Å². The van der Waals surface area contributed by atoms with Crippen molar-refractivity contribution in [3.8, 4) is 0 Å². The van der Waals surface area contributed by atoms with Crippen molar-refractivity contribution in [2.24, 2.45) is 5.84 Å². The van der Waals surface area contributed by atoms with Crippen LogP contribution in [0.1, 0.15) is 44.0 Å². The van der Waals surface area contributed by atoms with Crippen LogP contribution in [0.25, 0.3) is 0 Å². The molecule has 0 aromatic heterocycles. The summed E-state index contributed by atoms with van der Waals surface area (Å²) < 4.78 is 5.08. The van der Waals surface area contributed by atoms with E-state index in [0.29, 0.717) is 10.6 Å². The smallest absolute Gasteiger partial charge is 0.432 e. The number of ether oxygens (including phenoxy) is 1. The van der Waals surface area contributed by atoms with Crippen molar-refractivity contribution in [1.29, 1.82) is 0 Å². The predicted molar refractivity (Wildman–Crippen MR) is 84.5 cm³/mol. The van der Waals surface area contributed by atoms with Crippen LogP contribution >= 0.6 is 0 Å². The molecule has 0 aliphatic carbocycles. The van der Waals surface area contributed by atoms with Gasteiger partial charge < -0.3 is 9.64 Å². The van der Waals surface area contributed by atoms with Gasteiger partial charge in [0.05, 0.1) is 0 Å². The van der Waals surface area contributed by atoms with Crippen LogP contribution < -0.4 is 10.7 Å². The number of benzene rings is 1. The van der Waals surface area contributed by atoms with Crippen molar-refractivity contribution >= 4 is 17.7 Å². The van der Waals surface area contributed by atoms with Gasteiger partial charge in [-0.2, -0.15) is 5.01 Å². The molecule has 1 aliphatic rings. The summed E-state index contributed by atoms with van der Waals surface area (Å²) >= 11 is 0. The van der Waals surface area contributed by atoms with E-state index in [-0.39, 0.29) is 0 Å². The fourth-order valence-electron chi connectivity index (χ4n) is 2.32. The Kier molecular flexibility index (Phi) is 4.71. The van der Waals surface area contributed by atoms with E-state index in [0.717, 1.165) is 18.8 Å². The predicted octanol–water partition coefficient (Wildman–Crippen LogP) is 2.54. The number of nitrogens with zero attached hydrogens (tertiary/aromatic N) is 2. The first kappa shape index (κ1) is 16.3. The maximum atomic E-state index is 12.2. The largest absolute Gasteiger partial charge is 0.442 e. The Morgan fingerprint density at radius 1 is 1.14 bits per heavy atom. The lowest BCUT2D eigenvalue weighted by Crippen LogP contribution is -2.45. The standard InChI is InChI=1S/C16H23N3O3/c1-16(2,3)22-15(21)19(17)14(20)12-6-8-13(9-7-12)18-10-4-5-11-18/h6-9H,4-5,10-11,17H2,1-3H3. The zero-order chi connectivity index (χ0) is 16.3. The van der Waals surface area contributed by atoms with E-state index in [4.69, 9.17) is 10.6 Å². The molecule has 2 rings (SSSR count). The molecule has 2 N–H and O–H groups in total. The van der Waals surface area contributed by atoms with E-state index < -0.39 is 17.6 Å². The van der Waals surface area contributed by atoms with Crippen molar-refractivity contribution in [2.75, 3.05) is 18.0 Å². The topological polar surface area (TPSA) is 75.9 Å². The van der Waals surface area contributed by atoms with Crippen LogP contribution in [0.15, 0.2) is 24.3 Å². The van der Waals surface area contributed by atoms with Gasteiger partial charge in [0.1, 0.15) is 5.60 Å². The maximum Gasteiger partial charge on any atom is 0.432 e. The summed E-state index contributed by atoms with van der Waals surface area (Å²) in [6.45, 7) is 7.22. The minimum Gasteiger partial charge on any atom is -0.442 e. The van der Waals surface area contributed by atoms with Crippen molar-refractivity contribution in [3.63, 3.8) is 0 Å². The first-order valence-electron chi connectivity index (χ1n) is 7.45. The second-order valence-electron chi connectivity index (χ2n) is 6.40. The quantitative estimate of drug-likeness (QED) is 0.516. The van der Waals surface area contributed by atoms with Crippen LogP contribution in [0.5, 0.6) is 0 Å². The molecule has 1 aromatic rings. The molecule has 6 nitrogen and oxygen atoms in total. The van der Waals surface area contributed by atoms with Gasteiger partial charge in [-0.3, -0.25) is 4.79 Å². The Bertz CT molecular complexity index is 543. The van der Waals surface area contributed by atoms with Gasteiger partial charge in [-0.05, 0) is 57.9 Å². The number of hydrogen-bond acceptors (Lipinski definition) is 5. The minimum absolute atomic E-state index is 0.358. The van der Waals surface area contributed by atoms with Crippen molar-refractivity contribution in [1.82, 2.24) is 5.01 Å². The lowest BCUT2D eigenvalue weighted by atomic mass is 10.2. The highest BCUT2D eigenvalue weighted by molar-refractivity contribution is 6.02. The number of rotatable bonds is 2. The Balaban J connectivity index is 2.04. The average Bonchev–Trinajstić information content (AvgIpc) is 2.98. The van der Waals surface area contributed by atoms with Gasteiger partial charge in [0.25, 0.3) is 5.91 Å². The van der Waals surface area contributed by atoms with Gasteiger partial charge in [0, 0.05) is 24.3 Å². The number of carbonyl (C=O) groups is 2. The molecule has 120 valence electrons. The van der Waals surface area contributed by atoms with Gasteiger partial charge >= 0.3 is 6.09 Å². The highest BCUT2D eigenvalue weighted by atomic mass is 16.6. The van der Waals surface area contributed by atoms with Gasteiger partial charge in [0.15, 0.2) is 0 Å². The van der Waals surface area contributed by atoms with Crippen molar-refractivity contribution in [3.05, 3.63) is 29.8 Å². The first-order valence-corrected chi connectivity index (χ1v) is 7.45. The third-order valence-electron chi connectivity index (χ3n) is 3.39. The number of hydrazine groups is 1. The molecule has 2 amide bonds. The number of hydrogen-bond donors (Lipinski definition) is 1. The van der Waals surface area contributed by atoms with Crippen LogP contribution in [0.2, 0.25) is 0 Å². The molecule has 0 saturated carbocycles. The van der Waals surface area contributed by atoms with Crippen molar-refractivity contribution in [2.45, 2.75) is 39.2 Å². The molecule has 0 radical (unpaired) electrons. The molecule has 0 unspecified atom stereocenters. The molecule has 1 fully saturated rings. The number of carbonyl (C=O) groups excluding carboxylic acids is 2. The Morgan fingerprint density at radius 2 is 1.68 bits per heavy atom. The van der Waals surface area contributed by atoms with Crippen LogP contribution in [-0.4, -0.2) is 35.7 Å². The number of imide groups is 1. The summed E-state index contributed by atoms with van der Waals surface area (Å²) in [5.41, 5.74) is 0.736. The second kappa shape index (κ2) is 6.36. The summed E-state index contributed by atoms with van der Waals surface area (Å²) in [6, 6.07) is 7.11. The van der Waals surface area contributed by atoms with Crippen molar-refractivity contribution < 1.29 is 14.3 Å². The van der Waals surface area contributed by atoms with E-state index in [1.54, 1.807) is 32.9 Å². The van der Waals surface area contributed by atoms with E-state index in [1.165, 1.54) is 12.8 Å². The average molecular weight is 305 g/mol. The zero-order valence-corrected chi connectivity index (χ0v) is 13.3. The number of nitrogens with two attached hydrogens (primary N) is 1. The molecular weight excluding hydrogens is 282 g/mol. The molecule has 1 saturated heterocycles. The zero-order valence-electron chi connectivity index (χ0n) is 13.3. The summed E-state index contributed by atoms with van der Waals surface area (Å²) in [5.74, 6) is 4.98. The Labute approximate surface area is 130 Å². The molecule has 0 atom stereocenters. The molecule has 6 heteroatoms. The van der Waals surface area contributed by atoms with Crippen LogP contribution in [0.3, 0.4) is 0 Å². The lowest BCUT2D eigenvalue weighted by molar-refractivity contribution is 0.0239. The third-order valence-corrected chi connectivity index (χ3v) is 3.39. The van der Waals surface area contributed by atoms with Crippen LogP contribution in [0, 0.1) is 0 Å². The lowest BCUT2D eigenvalue weighted by Gasteiger charge is -2.23. The Hall–Kier alpha value is -2.08. The summed E-state index contributed by atoms with van der Waals surface area (Å²) in [5, 5.41) is 0.510. The second-order valence-corrected chi connectivity index (χ2v) is 6.40. The highest BCUT2D eigenvalue weighted by Crippen LogP contribution is 2.21. The molecule has 1 heterocycles. The number of anilines is 1. The van der Waals surface area contributed by atoms with E-state index >= 15 is 0 Å². The highest BCUT2D eigenvalue weighted by Gasteiger charge is 2.25. The summed E-state index contributed by atoms with van der Waals surface area (Å²) in [6.07, 6.45) is 1.52. The molecule has 0 bridgehead atoms. The van der Waals surface area contributed by atoms with Crippen LogP contribution in [0.4, 0.5) is 10.5 Å². The first-order chi connectivity index (χ1) is 10.3. The number of amides is 2. The molecule has 0 spiro atoms. The minimum atomic E-state index is -0.860. The molecule has 22 heavy (non-hydrogen) atoms. The summed E-state index contributed by atoms with van der Waals surface area (Å²) in [4.78, 5) is 26.3.